The van der Waals surface area contributed by atoms with Crippen LogP contribution < -0.4 is 0 Å². The first-order valence-electron chi connectivity index (χ1n) is 8.06. The van der Waals surface area contributed by atoms with Gasteiger partial charge in [0.2, 0.25) is 0 Å². The molecule has 20 heavy (non-hydrogen) atoms. The van der Waals surface area contributed by atoms with E-state index < -0.39 is 0 Å². The van der Waals surface area contributed by atoms with Crippen molar-refractivity contribution in [2.45, 2.75) is 78.5 Å². The highest BCUT2D eigenvalue weighted by Crippen LogP contribution is 2.55. The lowest BCUT2D eigenvalue weighted by molar-refractivity contribution is 0.278. The van der Waals surface area contributed by atoms with Gasteiger partial charge in [-0.1, -0.05) is 35.7 Å². The van der Waals surface area contributed by atoms with Crippen LogP contribution in [0.3, 0.4) is 0 Å². The molecule has 0 N–H and O–H groups in total. The lowest BCUT2D eigenvalue weighted by Gasteiger charge is -2.36. The van der Waals surface area contributed by atoms with Crippen LogP contribution in [0.5, 0.6) is 0 Å². The quantitative estimate of drug-likeness (QED) is 0.543. The highest BCUT2D eigenvalue weighted by atomic mass is 79.9. The van der Waals surface area contributed by atoms with Gasteiger partial charge in [-0.25, -0.2) is 0 Å². The molecule has 0 radical (unpaired) electrons. The molecule has 0 heterocycles. The lowest BCUT2D eigenvalue weighted by Crippen LogP contribution is -2.23. The zero-order valence-corrected chi connectivity index (χ0v) is 15.6. The Kier molecular flexibility index (Phi) is 4.69. The van der Waals surface area contributed by atoms with Crippen LogP contribution in [0.1, 0.15) is 77.2 Å². The largest absolute Gasteiger partial charge is 0.0832 e. The predicted octanol–water partition coefficient (Wildman–Crippen LogP) is 6.64. The minimum absolute atomic E-state index is 0.476. The minimum Gasteiger partial charge on any atom is -0.0832 e. The van der Waals surface area contributed by atoms with Crippen LogP contribution in [-0.2, 0) is 0 Å². The van der Waals surface area contributed by atoms with Crippen LogP contribution in [0, 0.1) is 40.0 Å². The van der Waals surface area contributed by atoms with E-state index in [1.165, 1.54) is 59.9 Å². The van der Waals surface area contributed by atoms with E-state index in [0.29, 0.717) is 10.2 Å². The van der Waals surface area contributed by atoms with Gasteiger partial charge in [0.05, 0.1) is 0 Å². The van der Waals surface area contributed by atoms with Gasteiger partial charge in [0.15, 0.2) is 0 Å². The topological polar surface area (TPSA) is 0 Å². The summed E-state index contributed by atoms with van der Waals surface area (Å²) in [4.78, 5) is 0.514. The molecule has 1 aliphatic rings. The van der Waals surface area contributed by atoms with Gasteiger partial charge in [0, 0.05) is 4.83 Å². The third-order valence-corrected chi connectivity index (χ3v) is 7.58. The maximum absolute atomic E-state index is 4.12. The Morgan fingerprint density at radius 2 is 1.25 bits per heavy atom. The molecule has 0 saturated heterocycles. The molecule has 1 unspecified atom stereocenters. The summed E-state index contributed by atoms with van der Waals surface area (Å²) in [6, 6.07) is 0. The summed E-state index contributed by atoms with van der Waals surface area (Å²) in [7, 11) is 0. The summed E-state index contributed by atoms with van der Waals surface area (Å²) in [6.45, 7) is 13.8. The van der Waals surface area contributed by atoms with Crippen LogP contribution in [0.4, 0.5) is 0 Å². The smallest absolute Gasteiger partial charge is 0.0456 e. The second kappa shape index (κ2) is 5.83. The van der Waals surface area contributed by atoms with Crippen molar-refractivity contribution >= 4 is 15.9 Å². The number of halogens is 1. The normalized spacial score (nSPS) is 19.4. The SMILES string of the molecule is CCC1(C(Br)c2c(C)c(C)c(C)c(C)c2C)CCCC1. The molecule has 0 bridgehead atoms. The van der Waals surface area contributed by atoms with E-state index in [-0.39, 0.29) is 0 Å². The molecule has 112 valence electrons. The highest BCUT2D eigenvalue weighted by Gasteiger charge is 2.40. The maximum Gasteiger partial charge on any atom is 0.0456 e. The fourth-order valence-electron chi connectivity index (χ4n) is 4.08. The first-order chi connectivity index (χ1) is 9.35. The van der Waals surface area contributed by atoms with E-state index in [1.54, 1.807) is 5.56 Å². The average Bonchev–Trinajstić information content (AvgIpc) is 2.93. The Balaban J connectivity index is 2.58. The van der Waals surface area contributed by atoms with Crippen molar-refractivity contribution in [3.63, 3.8) is 0 Å². The van der Waals surface area contributed by atoms with Crippen molar-refractivity contribution in [1.82, 2.24) is 0 Å². The molecule has 1 atom stereocenters. The highest BCUT2D eigenvalue weighted by molar-refractivity contribution is 9.09. The van der Waals surface area contributed by atoms with Gasteiger partial charge in [-0.05, 0) is 92.7 Å². The molecule has 0 spiro atoms. The standard InChI is InChI=1S/C19H29Br/c1-7-19(10-8-9-11-19)18(20)17-15(5)13(3)12(2)14(4)16(17)6/h18H,7-11H2,1-6H3. The third-order valence-electron chi connectivity index (χ3n) is 6.15. The van der Waals surface area contributed by atoms with Crippen molar-refractivity contribution in [1.29, 1.82) is 0 Å². The number of alkyl halides is 1. The van der Waals surface area contributed by atoms with Crippen LogP contribution in [0.25, 0.3) is 0 Å². The van der Waals surface area contributed by atoms with Crippen molar-refractivity contribution < 1.29 is 0 Å². The van der Waals surface area contributed by atoms with Gasteiger partial charge >= 0.3 is 0 Å². The number of hydrogen-bond acceptors (Lipinski definition) is 0. The maximum atomic E-state index is 4.12. The van der Waals surface area contributed by atoms with Crippen molar-refractivity contribution in [3.8, 4) is 0 Å². The van der Waals surface area contributed by atoms with Crippen LogP contribution in [0.15, 0.2) is 0 Å². The molecule has 2 rings (SSSR count). The Labute approximate surface area is 133 Å². The Morgan fingerprint density at radius 3 is 1.65 bits per heavy atom. The summed E-state index contributed by atoms with van der Waals surface area (Å²) in [6.07, 6.45) is 6.85. The number of rotatable bonds is 3. The predicted molar refractivity (Wildman–Crippen MR) is 93.0 cm³/mol. The summed E-state index contributed by atoms with van der Waals surface area (Å²) in [5.74, 6) is 0. The summed E-state index contributed by atoms with van der Waals surface area (Å²) >= 11 is 4.12. The van der Waals surface area contributed by atoms with Gasteiger partial charge < -0.3 is 0 Å². The first kappa shape index (κ1) is 16.1. The zero-order valence-electron chi connectivity index (χ0n) is 14.0. The van der Waals surface area contributed by atoms with Crippen LogP contribution in [0.2, 0.25) is 0 Å². The van der Waals surface area contributed by atoms with Crippen molar-refractivity contribution in [3.05, 3.63) is 33.4 Å². The molecule has 0 aliphatic heterocycles. The summed E-state index contributed by atoms with van der Waals surface area (Å²) < 4.78 is 0. The van der Waals surface area contributed by atoms with E-state index in [9.17, 15) is 0 Å². The second-order valence-corrected chi connectivity index (χ2v) is 7.74. The summed E-state index contributed by atoms with van der Waals surface area (Å²) in [5, 5.41) is 0. The Hall–Kier alpha value is -0.300. The molecule has 0 nitrogen and oxygen atoms in total. The minimum atomic E-state index is 0.476. The Morgan fingerprint density at radius 1 is 0.850 bits per heavy atom. The zero-order chi connectivity index (χ0) is 15.1. The number of hydrogen-bond donors (Lipinski definition) is 0. The van der Waals surface area contributed by atoms with Gasteiger partial charge in [0.1, 0.15) is 0 Å². The molecule has 1 aromatic rings. The average molecular weight is 337 g/mol. The monoisotopic (exact) mass is 336 g/mol. The van der Waals surface area contributed by atoms with Gasteiger partial charge in [-0.15, -0.1) is 0 Å². The van der Waals surface area contributed by atoms with E-state index >= 15 is 0 Å². The molecule has 0 aromatic heterocycles. The van der Waals surface area contributed by atoms with E-state index in [4.69, 9.17) is 0 Å². The van der Waals surface area contributed by atoms with E-state index in [2.05, 4.69) is 57.5 Å². The first-order valence-corrected chi connectivity index (χ1v) is 8.98. The molecule has 0 amide bonds. The van der Waals surface area contributed by atoms with Gasteiger partial charge in [-0.3, -0.25) is 0 Å². The molecule has 1 fully saturated rings. The number of benzene rings is 1. The van der Waals surface area contributed by atoms with E-state index in [1.807, 2.05) is 0 Å². The lowest BCUT2D eigenvalue weighted by atomic mass is 9.74. The second-order valence-electron chi connectivity index (χ2n) is 6.82. The van der Waals surface area contributed by atoms with Gasteiger partial charge in [0.25, 0.3) is 0 Å². The Bertz CT molecular complexity index is 478. The van der Waals surface area contributed by atoms with Crippen molar-refractivity contribution in [2.75, 3.05) is 0 Å². The molecular formula is C19H29Br. The van der Waals surface area contributed by atoms with Crippen LogP contribution in [-0.4, -0.2) is 0 Å². The van der Waals surface area contributed by atoms with Gasteiger partial charge in [-0.2, -0.15) is 0 Å². The fourth-order valence-corrected chi connectivity index (χ4v) is 5.55. The van der Waals surface area contributed by atoms with E-state index in [0.717, 1.165) is 0 Å². The molecule has 1 aromatic carbocycles. The summed E-state index contributed by atoms with van der Waals surface area (Å²) in [5.41, 5.74) is 9.51. The molecule has 1 saturated carbocycles. The third kappa shape index (κ3) is 2.36. The molecule has 1 aliphatic carbocycles. The molecule has 1 heteroatoms. The van der Waals surface area contributed by atoms with Crippen LogP contribution >= 0.6 is 15.9 Å². The molecular weight excluding hydrogens is 308 g/mol. The van der Waals surface area contributed by atoms with Crippen molar-refractivity contribution in [2.24, 2.45) is 5.41 Å². The fraction of sp³-hybridized carbons (Fsp3) is 0.684.